The van der Waals surface area contributed by atoms with Crippen LogP contribution in [0.15, 0.2) is 18.2 Å². The molecule has 0 aliphatic rings. The Morgan fingerprint density at radius 2 is 2.12 bits per heavy atom. The zero-order valence-electron chi connectivity index (χ0n) is 9.11. The summed E-state index contributed by atoms with van der Waals surface area (Å²) in [5, 5.41) is 20.0. The van der Waals surface area contributed by atoms with Crippen molar-refractivity contribution in [3.8, 4) is 0 Å². The van der Waals surface area contributed by atoms with E-state index < -0.39 is 18.0 Å². The first kappa shape index (κ1) is 13.5. The standard InChI is InChI=1S/C11H12ClNO4/c1-6-3-2-4-7(9(6)12)10(15)13-5-8(14)11(16)17/h2-4,8,14H,5H2,1H3,(H,13,15)(H,16,17). The maximum absolute atomic E-state index is 11.6. The van der Waals surface area contributed by atoms with Crippen molar-refractivity contribution in [3.63, 3.8) is 0 Å². The van der Waals surface area contributed by atoms with E-state index in [1.165, 1.54) is 6.07 Å². The first-order valence-electron chi connectivity index (χ1n) is 4.87. The molecule has 0 aliphatic carbocycles. The van der Waals surface area contributed by atoms with Crippen LogP contribution < -0.4 is 5.32 Å². The molecule has 0 spiro atoms. The zero-order chi connectivity index (χ0) is 13.0. The molecule has 1 rings (SSSR count). The molecule has 0 bridgehead atoms. The minimum atomic E-state index is -1.62. The fourth-order valence-electron chi connectivity index (χ4n) is 1.19. The minimum Gasteiger partial charge on any atom is -0.479 e. The lowest BCUT2D eigenvalue weighted by Gasteiger charge is -2.09. The van der Waals surface area contributed by atoms with Crippen LogP contribution in [0.3, 0.4) is 0 Å². The number of aliphatic hydroxyl groups excluding tert-OH is 1. The van der Waals surface area contributed by atoms with Crippen LogP contribution >= 0.6 is 11.6 Å². The maximum Gasteiger partial charge on any atom is 0.334 e. The van der Waals surface area contributed by atoms with Gasteiger partial charge < -0.3 is 15.5 Å². The largest absolute Gasteiger partial charge is 0.479 e. The van der Waals surface area contributed by atoms with Gasteiger partial charge in [-0.3, -0.25) is 4.79 Å². The van der Waals surface area contributed by atoms with Gasteiger partial charge in [0, 0.05) is 0 Å². The molecule has 5 nitrogen and oxygen atoms in total. The average Bonchev–Trinajstić information content (AvgIpc) is 2.29. The Bertz CT molecular complexity index is 447. The number of aliphatic carboxylic acids is 1. The van der Waals surface area contributed by atoms with E-state index in [2.05, 4.69) is 5.32 Å². The number of carboxylic acid groups (broad SMARTS) is 1. The van der Waals surface area contributed by atoms with Gasteiger partial charge in [-0.05, 0) is 18.6 Å². The van der Waals surface area contributed by atoms with Crippen molar-refractivity contribution in [2.24, 2.45) is 0 Å². The van der Waals surface area contributed by atoms with Crippen LogP contribution in [0, 0.1) is 6.92 Å². The third-order valence-corrected chi connectivity index (χ3v) is 2.68. The number of rotatable bonds is 4. The summed E-state index contributed by atoms with van der Waals surface area (Å²) in [5.41, 5.74) is 1.00. The lowest BCUT2D eigenvalue weighted by atomic mass is 10.1. The van der Waals surface area contributed by atoms with E-state index in [0.717, 1.165) is 5.56 Å². The second kappa shape index (κ2) is 5.65. The molecule has 1 unspecified atom stereocenters. The number of carbonyl (C=O) groups excluding carboxylic acids is 1. The van der Waals surface area contributed by atoms with Gasteiger partial charge in [0.15, 0.2) is 6.10 Å². The SMILES string of the molecule is Cc1cccc(C(=O)NCC(O)C(=O)O)c1Cl. The first-order chi connectivity index (χ1) is 7.93. The van der Waals surface area contributed by atoms with Crippen molar-refractivity contribution in [3.05, 3.63) is 34.3 Å². The summed E-state index contributed by atoms with van der Waals surface area (Å²) >= 11 is 5.93. The molecule has 0 saturated heterocycles. The normalized spacial score (nSPS) is 11.9. The maximum atomic E-state index is 11.6. The molecule has 92 valence electrons. The van der Waals surface area contributed by atoms with Gasteiger partial charge in [0.1, 0.15) is 0 Å². The lowest BCUT2D eigenvalue weighted by molar-refractivity contribution is -0.146. The molecule has 0 radical (unpaired) electrons. The van der Waals surface area contributed by atoms with Gasteiger partial charge in [0.2, 0.25) is 0 Å². The van der Waals surface area contributed by atoms with E-state index in [9.17, 15) is 9.59 Å². The quantitative estimate of drug-likeness (QED) is 0.745. The highest BCUT2D eigenvalue weighted by molar-refractivity contribution is 6.34. The molecule has 17 heavy (non-hydrogen) atoms. The summed E-state index contributed by atoms with van der Waals surface area (Å²) in [4.78, 5) is 22.0. The van der Waals surface area contributed by atoms with Crippen molar-refractivity contribution in [1.29, 1.82) is 0 Å². The van der Waals surface area contributed by atoms with Crippen LogP contribution in [0.1, 0.15) is 15.9 Å². The molecule has 1 aromatic rings. The summed E-state index contributed by atoms with van der Waals surface area (Å²) in [7, 11) is 0. The Kier molecular flexibility index (Phi) is 4.48. The predicted molar refractivity (Wildman–Crippen MR) is 62.2 cm³/mol. The molecule has 0 fully saturated rings. The number of amides is 1. The topological polar surface area (TPSA) is 86.6 Å². The Balaban J connectivity index is 2.71. The second-order valence-electron chi connectivity index (χ2n) is 3.50. The first-order valence-corrected chi connectivity index (χ1v) is 5.25. The van der Waals surface area contributed by atoms with Crippen LogP contribution in [0.5, 0.6) is 0 Å². The van der Waals surface area contributed by atoms with Gasteiger partial charge in [0.25, 0.3) is 5.91 Å². The van der Waals surface area contributed by atoms with Crippen LogP contribution in [-0.4, -0.2) is 34.7 Å². The highest BCUT2D eigenvalue weighted by Crippen LogP contribution is 2.19. The van der Waals surface area contributed by atoms with E-state index in [4.69, 9.17) is 21.8 Å². The number of carbonyl (C=O) groups is 2. The third kappa shape index (κ3) is 3.44. The number of hydrogen-bond acceptors (Lipinski definition) is 3. The summed E-state index contributed by atoms with van der Waals surface area (Å²) in [6.07, 6.45) is -1.62. The van der Waals surface area contributed by atoms with E-state index in [1.54, 1.807) is 19.1 Å². The van der Waals surface area contributed by atoms with Crippen LogP contribution in [0.4, 0.5) is 0 Å². The predicted octanol–water partition coefficient (Wildman–Crippen LogP) is 0.824. The molecule has 0 aromatic heterocycles. The number of aliphatic hydroxyl groups is 1. The van der Waals surface area contributed by atoms with E-state index >= 15 is 0 Å². The minimum absolute atomic E-state index is 0.254. The zero-order valence-corrected chi connectivity index (χ0v) is 9.86. The van der Waals surface area contributed by atoms with Crippen molar-refractivity contribution in [2.45, 2.75) is 13.0 Å². The van der Waals surface area contributed by atoms with Gasteiger partial charge >= 0.3 is 5.97 Å². The van der Waals surface area contributed by atoms with Crippen molar-refractivity contribution in [1.82, 2.24) is 5.32 Å². The van der Waals surface area contributed by atoms with Gasteiger partial charge in [-0.25, -0.2) is 4.79 Å². The summed E-state index contributed by atoms with van der Waals surface area (Å²) < 4.78 is 0. The Labute approximate surface area is 103 Å². The molecule has 0 heterocycles. The van der Waals surface area contributed by atoms with Crippen molar-refractivity contribution in [2.75, 3.05) is 6.54 Å². The number of hydrogen-bond donors (Lipinski definition) is 3. The molecule has 0 saturated carbocycles. The molecular weight excluding hydrogens is 246 g/mol. The smallest absolute Gasteiger partial charge is 0.334 e. The number of carboxylic acids is 1. The van der Waals surface area contributed by atoms with Gasteiger partial charge in [-0.15, -0.1) is 0 Å². The molecule has 1 atom stereocenters. The summed E-state index contributed by atoms with van der Waals surface area (Å²) in [6, 6.07) is 4.95. The number of aryl methyl sites for hydroxylation is 1. The van der Waals surface area contributed by atoms with Crippen molar-refractivity contribution >= 4 is 23.5 Å². The lowest BCUT2D eigenvalue weighted by Crippen LogP contribution is -2.36. The van der Waals surface area contributed by atoms with Gasteiger partial charge in [-0.2, -0.15) is 0 Å². The fourth-order valence-corrected chi connectivity index (χ4v) is 1.41. The fraction of sp³-hybridized carbons (Fsp3) is 0.273. The van der Waals surface area contributed by atoms with Gasteiger partial charge in [0.05, 0.1) is 17.1 Å². The van der Waals surface area contributed by atoms with Crippen molar-refractivity contribution < 1.29 is 19.8 Å². The highest BCUT2D eigenvalue weighted by Gasteiger charge is 2.16. The van der Waals surface area contributed by atoms with Gasteiger partial charge in [-0.1, -0.05) is 23.7 Å². The van der Waals surface area contributed by atoms with E-state index in [0.29, 0.717) is 5.02 Å². The molecule has 1 amide bonds. The van der Waals surface area contributed by atoms with E-state index in [-0.39, 0.29) is 12.1 Å². The van der Waals surface area contributed by atoms with E-state index in [1.807, 2.05) is 0 Å². The summed E-state index contributed by atoms with van der Waals surface area (Å²) in [6.45, 7) is 1.39. The molecule has 3 N–H and O–H groups in total. The average molecular weight is 258 g/mol. The Morgan fingerprint density at radius 1 is 1.47 bits per heavy atom. The number of benzene rings is 1. The Hall–Kier alpha value is -1.59. The van der Waals surface area contributed by atoms with Crippen LogP contribution in [0.25, 0.3) is 0 Å². The molecular formula is C11H12ClNO4. The molecule has 6 heteroatoms. The van der Waals surface area contributed by atoms with Crippen LogP contribution in [-0.2, 0) is 4.79 Å². The third-order valence-electron chi connectivity index (χ3n) is 2.18. The Morgan fingerprint density at radius 3 is 2.71 bits per heavy atom. The second-order valence-corrected chi connectivity index (χ2v) is 3.88. The summed E-state index contributed by atoms with van der Waals surface area (Å²) in [5.74, 6) is -1.90. The number of nitrogens with one attached hydrogen (secondary N) is 1. The monoisotopic (exact) mass is 257 g/mol. The van der Waals surface area contributed by atoms with Crippen LogP contribution in [0.2, 0.25) is 5.02 Å². The number of halogens is 1. The molecule has 0 aliphatic heterocycles. The molecule has 1 aromatic carbocycles. The highest BCUT2D eigenvalue weighted by atomic mass is 35.5.